The van der Waals surface area contributed by atoms with Gasteiger partial charge in [-0.1, -0.05) is 37.0 Å². The first kappa shape index (κ1) is 22.7. The molecule has 7 nitrogen and oxygen atoms in total. The van der Waals surface area contributed by atoms with Crippen molar-refractivity contribution in [3.05, 3.63) is 39.9 Å². The van der Waals surface area contributed by atoms with Crippen LogP contribution in [0.3, 0.4) is 0 Å². The van der Waals surface area contributed by atoms with Gasteiger partial charge >= 0.3 is 6.01 Å². The van der Waals surface area contributed by atoms with Gasteiger partial charge in [0.1, 0.15) is 10.4 Å². The van der Waals surface area contributed by atoms with E-state index in [0.29, 0.717) is 16.3 Å². The molecule has 0 saturated heterocycles. The minimum absolute atomic E-state index is 0.0226. The Hall–Kier alpha value is -2.00. The van der Waals surface area contributed by atoms with E-state index in [1.807, 2.05) is 6.07 Å². The first-order chi connectivity index (χ1) is 14.1. The zero-order valence-electron chi connectivity index (χ0n) is 17.1. The number of nitrogens with zero attached hydrogens (tertiary/aromatic N) is 2. The van der Waals surface area contributed by atoms with Crippen LogP contribution in [0.25, 0.3) is 11.0 Å². The molecule has 10 heteroatoms. The van der Waals surface area contributed by atoms with Gasteiger partial charge in [-0.3, -0.25) is 4.57 Å². The molecule has 0 aliphatic carbocycles. The average Bonchev–Trinajstić information content (AvgIpc) is 2.99. The SMILES string of the molecule is CCC(CC)c1cc(Cl)c(OC)c2nc(Oc3ccc(Cl)cc3S(N)(=O)=O)n(C)c12. The number of fused-ring (bicyclic) bond motifs is 1. The number of aromatic nitrogens is 2. The number of ether oxygens (including phenoxy) is 2. The Morgan fingerprint density at radius 1 is 1.20 bits per heavy atom. The van der Waals surface area contributed by atoms with Crippen LogP contribution in [-0.2, 0) is 17.1 Å². The van der Waals surface area contributed by atoms with Crippen molar-refractivity contribution in [2.45, 2.75) is 37.5 Å². The average molecular weight is 472 g/mol. The third-order valence-electron chi connectivity index (χ3n) is 5.08. The summed E-state index contributed by atoms with van der Waals surface area (Å²) in [6, 6.07) is 6.26. The fourth-order valence-corrected chi connectivity index (χ4v) is 4.76. The molecule has 3 rings (SSSR count). The highest BCUT2D eigenvalue weighted by Crippen LogP contribution is 2.42. The molecule has 0 saturated carbocycles. The largest absolute Gasteiger partial charge is 0.493 e. The number of hydrogen-bond donors (Lipinski definition) is 1. The number of sulfonamides is 1. The molecule has 30 heavy (non-hydrogen) atoms. The third kappa shape index (κ3) is 4.09. The summed E-state index contributed by atoms with van der Waals surface area (Å²) in [5.74, 6) is 0.707. The Balaban J connectivity index is 2.25. The smallest absolute Gasteiger partial charge is 0.302 e. The number of methoxy groups -OCH3 is 1. The van der Waals surface area contributed by atoms with E-state index in [4.69, 9.17) is 37.8 Å². The minimum Gasteiger partial charge on any atom is -0.493 e. The molecule has 0 aliphatic heterocycles. The van der Waals surface area contributed by atoms with Crippen LogP contribution in [0, 0.1) is 0 Å². The van der Waals surface area contributed by atoms with Crippen LogP contribution in [0.5, 0.6) is 17.5 Å². The monoisotopic (exact) mass is 471 g/mol. The van der Waals surface area contributed by atoms with Gasteiger partial charge in [-0.2, -0.15) is 4.98 Å². The second kappa shape index (κ2) is 8.63. The molecule has 0 amide bonds. The molecule has 3 aromatic rings. The lowest BCUT2D eigenvalue weighted by Gasteiger charge is -2.17. The van der Waals surface area contributed by atoms with Crippen molar-refractivity contribution in [3.63, 3.8) is 0 Å². The molecule has 1 aromatic heterocycles. The molecule has 0 spiro atoms. The molecule has 0 fully saturated rings. The van der Waals surface area contributed by atoms with Gasteiger partial charge in [0.25, 0.3) is 0 Å². The number of benzene rings is 2. The molecule has 1 heterocycles. The molecular formula is C20H23Cl2N3O4S. The van der Waals surface area contributed by atoms with Crippen LogP contribution < -0.4 is 14.6 Å². The fraction of sp³-hybridized carbons (Fsp3) is 0.350. The van der Waals surface area contributed by atoms with Crippen LogP contribution in [0.15, 0.2) is 29.2 Å². The van der Waals surface area contributed by atoms with Crippen LogP contribution in [0.2, 0.25) is 10.0 Å². The maximum absolute atomic E-state index is 12.0. The summed E-state index contributed by atoms with van der Waals surface area (Å²) in [6.45, 7) is 4.22. The van der Waals surface area contributed by atoms with Crippen LogP contribution in [0.4, 0.5) is 0 Å². The van der Waals surface area contributed by atoms with E-state index in [1.165, 1.54) is 25.3 Å². The topological polar surface area (TPSA) is 96.4 Å². The first-order valence-electron chi connectivity index (χ1n) is 9.35. The summed E-state index contributed by atoms with van der Waals surface area (Å²) in [4.78, 5) is 4.33. The number of imidazole rings is 1. The van der Waals surface area contributed by atoms with Gasteiger partial charge in [0, 0.05) is 12.1 Å². The van der Waals surface area contributed by atoms with E-state index in [-0.39, 0.29) is 27.6 Å². The van der Waals surface area contributed by atoms with E-state index >= 15 is 0 Å². The highest BCUT2D eigenvalue weighted by Gasteiger charge is 2.25. The van der Waals surface area contributed by atoms with Crippen molar-refractivity contribution in [1.82, 2.24) is 9.55 Å². The third-order valence-corrected chi connectivity index (χ3v) is 6.53. The van der Waals surface area contributed by atoms with E-state index in [2.05, 4.69) is 18.8 Å². The molecule has 162 valence electrons. The number of nitrogens with two attached hydrogens (primary N) is 1. The Kier molecular flexibility index (Phi) is 6.52. The number of rotatable bonds is 7. The zero-order chi connectivity index (χ0) is 22.2. The lowest BCUT2D eigenvalue weighted by atomic mass is 9.92. The molecular weight excluding hydrogens is 449 g/mol. The maximum atomic E-state index is 12.0. The van der Waals surface area contributed by atoms with Gasteiger partial charge in [-0.05, 0) is 48.6 Å². The summed E-state index contributed by atoms with van der Waals surface area (Å²) in [5, 5.41) is 6.00. The number of halogens is 2. The maximum Gasteiger partial charge on any atom is 0.302 e. The summed E-state index contributed by atoms with van der Waals surface area (Å²) in [5.41, 5.74) is 2.37. The van der Waals surface area contributed by atoms with Crippen LogP contribution in [-0.4, -0.2) is 25.1 Å². The highest BCUT2D eigenvalue weighted by molar-refractivity contribution is 7.89. The summed E-state index contributed by atoms with van der Waals surface area (Å²) >= 11 is 12.4. The second-order valence-corrected chi connectivity index (χ2v) is 9.26. The zero-order valence-corrected chi connectivity index (χ0v) is 19.4. The molecule has 0 atom stereocenters. The van der Waals surface area contributed by atoms with Gasteiger partial charge in [0.2, 0.25) is 10.0 Å². The summed E-state index contributed by atoms with van der Waals surface area (Å²) in [6.07, 6.45) is 1.84. The van der Waals surface area contributed by atoms with Crippen LogP contribution in [0.1, 0.15) is 38.2 Å². The van der Waals surface area contributed by atoms with Crippen LogP contribution >= 0.6 is 23.2 Å². The Bertz CT molecular complexity index is 1200. The Morgan fingerprint density at radius 2 is 1.87 bits per heavy atom. The van der Waals surface area contributed by atoms with Crippen molar-refractivity contribution in [3.8, 4) is 17.5 Å². The lowest BCUT2D eigenvalue weighted by molar-refractivity contribution is 0.412. The molecule has 0 unspecified atom stereocenters. The molecule has 2 N–H and O–H groups in total. The Labute approximate surface area is 185 Å². The van der Waals surface area contributed by atoms with Crippen molar-refractivity contribution in [2.24, 2.45) is 12.2 Å². The molecule has 0 bridgehead atoms. The second-order valence-electron chi connectivity index (χ2n) is 6.88. The predicted octanol–water partition coefficient (Wildman–Crippen LogP) is 5.23. The van der Waals surface area contributed by atoms with E-state index in [9.17, 15) is 8.42 Å². The van der Waals surface area contributed by atoms with Crippen molar-refractivity contribution >= 4 is 44.3 Å². The predicted molar refractivity (Wildman–Crippen MR) is 118 cm³/mol. The number of primary sulfonamides is 1. The minimum atomic E-state index is -4.06. The van der Waals surface area contributed by atoms with Gasteiger partial charge in [0.15, 0.2) is 11.5 Å². The number of aryl methyl sites for hydroxylation is 1. The molecule has 0 aliphatic rings. The standard InChI is InChI=1S/C20H23Cl2N3O4S/c1-5-11(6-2)13-10-14(22)19(28-4)17-18(13)25(3)20(24-17)29-15-8-7-12(21)9-16(15)30(23,26)27/h7-11H,5-6H2,1-4H3,(H2,23,26,27). The van der Waals surface area contributed by atoms with Crippen molar-refractivity contribution in [1.29, 1.82) is 0 Å². The molecule has 2 aromatic carbocycles. The Morgan fingerprint density at radius 3 is 2.43 bits per heavy atom. The normalized spacial score (nSPS) is 12.0. The van der Waals surface area contributed by atoms with Gasteiger partial charge in [-0.15, -0.1) is 0 Å². The van der Waals surface area contributed by atoms with Crippen molar-refractivity contribution in [2.75, 3.05) is 7.11 Å². The summed E-state index contributed by atoms with van der Waals surface area (Å²) < 4.78 is 37.1. The van der Waals surface area contributed by atoms with E-state index < -0.39 is 10.0 Å². The summed E-state index contributed by atoms with van der Waals surface area (Å²) in [7, 11) is -0.753. The van der Waals surface area contributed by atoms with Gasteiger partial charge in [-0.25, -0.2) is 13.6 Å². The highest BCUT2D eigenvalue weighted by atomic mass is 35.5. The lowest BCUT2D eigenvalue weighted by Crippen LogP contribution is -2.13. The van der Waals surface area contributed by atoms with E-state index in [1.54, 1.807) is 11.6 Å². The van der Waals surface area contributed by atoms with Crippen molar-refractivity contribution < 1.29 is 17.9 Å². The molecule has 0 radical (unpaired) electrons. The van der Waals surface area contributed by atoms with E-state index in [0.717, 1.165) is 23.9 Å². The van der Waals surface area contributed by atoms with Gasteiger partial charge < -0.3 is 9.47 Å². The first-order valence-corrected chi connectivity index (χ1v) is 11.7. The fourth-order valence-electron chi connectivity index (χ4n) is 3.56. The number of hydrogen-bond acceptors (Lipinski definition) is 5. The quantitative estimate of drug-likeness (QED) is 0.508. The van der Waals surface area contributed by atoms with Gasteiger partial charge in [0.05, 0.1) is 17.6 Å².